The van der Waals surface area contributed by atoms with Crippen molar-refractivity contribution in [1.82, 2.24) is 9.78 Å². The molecule has 3 rings (SSSR count). The molecule has 27 heavy (non-hydrogen) atoms. The third-order valence-electron chi connectivity index (χ3n) is 3.65. The zero-order valence-electron chi connectivity index (χ0n) is 14.2. The van der Waals surface area contributed by atoms with Crippen LogP contribution in [0.3, 0.4) is 0 Å². The number of benzene rings is 2. The SMILES string of the molecule is COc1ccc(Cl)cc1NC(=S)Nc1nn(Cc2ccccc2F)cc1Br. The first kappa shape index (κ1) is 19.6. The van der Waals surface area contributed by atoms with E-state index in [4.69, 9.17) is 28.6 Å². The van der Waals surface area contributed by atoms with Gasteiger partial charge in [0.15, 0.2) is 10.9 Å². The summed E-state index contributed by atoms with van der Waals surface area (Å²) in [7, 11) is 1.56. The van der Waals surface area contributed by atoms with Crippen LogP contribution in [0, 0.1) is 5.82 Å². The van der Waals surface area contributed by atoms with Gasteiger partial charge >= 0.3 is 0 Å². The zero-order chi connectivity index (χ0) is 19.4. The molecule has 0 aliphatic rings. The smallest absolute Gasteiger partial charge is 0.176 e. The Hall–Kier alpha value is -2.16. The van der Waals surface area contributed by atoms with Gasteiger partial charge in [-0.25, -0.2) is 4.39 Å². The van der Waals surface area contributed by atoms with Crippen molar-refractivity contribution in [3.8, 4) is 5.75 Å². The highest BCUT2D eigenvalue weighted by Gasteiger charge is 2.12. The molecule has 2 aromatic carbocycles. The number of nitrogens with one attached hydrogen (secondary N) is 2. The topological polar surface area (TPSA) is 51.1 Å². The van der Waals surface area contributed by atoms with E-state index in [1.807, 2.05) is 0 Å². The molecule has 0 aliphatic heterocycles. The number of anilines is 2. The Morgan fingerprint density at radius 2 is 2.07 bits per heavy atom. The molecule has 5 nitrogen and oxygen atoms in total. The van der Waals surface area contributed by atoms with Crippen LogP contribution in [-0.2, 0) is 6.54 Å². The lowest BCUT2D eigenvalue weighted by Crippen LogP contribution is -2.20. The molecule has 0 unspecified atom stereocenters. The quantitative estimate of drug-likeness (QED) is 0.496. The molecule has 0 atom stereocenters. The summed E-state index contributed by atoms with van der Waals surface area (Å²) < 4.78 is 21.4. The van der Waals surface area contributed by atoms with Crippen LogP contribution >= 0.6 is 39.7 Å². The predicted octanol–water partition coefficient (Wildman–Crippen LogP) is 5.30. The minimum Gasteiger partial charge on any atom is -0.495 e. The maximum atomic E-state index is 13.8. The van der Waals surface area contributed by atoms with Crippen LogP contribution in [0.4, 0.5) is 15.9 Å². The van der Waals surface area contributed by atoms with Crippen molar-refractivity contribution in [2.45, 2.75) is 6.54 Å². The summed E-state index contributed by atoms with van der Waals surface area (Å²) in [6.07, 6.45) is 1.75. The second kappa shape index (κ2) is 8.69. The van der Waals surface area contributed by atoms with Gasteiger partial charge in [0, 0.05) is 16.8 Å². The summed E-state index contributed by atoms with van der Waals surface area (Å²) in [5, 5.41) is 11.3. The number of hydrogen-bond donors (Lipinski definition) is 2. The normalized spacial score (nSPS) is 10.5. The molecule has 0 saturated heterocycles. The van der Waals surface area contributed by atoms with Crippen molar-refractivity contribution in [3.05, 3.63) is 69.5 Å². The lowest BCUT2D eigenvalue weighted by molar-refractivity contribution is 0.417. The standard InChI is InChI=1S/C18H15BrClFN4OS/c1-26-16-7-6-12(20)8-15(16)22-18(27)23-17-13(19)10-25(24-17)9-11-4-2-3-5-14(11)21/h2-8,10H,9H2,1H3,(H2,22,23,24,27). The summed E-state index contributed by atoms with van der Waals surface area (Å²) in [6.45, 7) is 0.301. The molecule has 9 heteroatoms. The minimum absolute atomic E-state index is 0.274. The van der Waals surface area contributed by atoms with Crippen molar-refractivity contribution >= 4 is 56.4 Å². The zero-order valence-corrected chi connectivity index (χ0v) is 17.3. The van der Waals surface area contributed by atoms with E-state index in [0.29, 0.717) is 44.0 Å². The highest BCUT2D eigenvalue weighted by atomic mass is 79.9. The minimum atomic E-state index is -0.274. The van der Waals surface area contributed by atoms with E-state index in [9.17, 15) is 4.39 Å². The number of thiocarbonyl (C=S) groups is 1. The average Bonchev–Trinajstić information content (AvgIpc) is 2.96. The van der Waals surface area contributed by atoms with Crippen molar-refractivity contribution in [2.24, 2.45) is 0 Å². The first-order chi connectivity index (χ1) is 13.0. The average molecular weight is 470 g/mol. The van der Waals surface area contributed by atoms with Crippen LogP contribution in [0.25, 0.3) is 0 Å². The largest absolute Gasteiger partial charge is 0.495 e. The Balaban J connectivity index is 1.71. The molecule has 140 valence electrons. The van der Waals surface area contributed by atoms with Crippen molar-refractivity contribution in [3.63, 3.8) is 0 Å². The monoisotopic (exact) mass is 468 g/mol. The van der Waals surface area contributed by atoms with E-state index < -0.39 is 0 Å². The molecular weight excluding hydrogens is 455 g/mol. The van der Waals surface area contributed by atoms with Crippen LogP contribution in [-0.4, -0.2) is 22.0 Å². The maximum Gasteiger partial charge on any atom is 0.176 e. The molecular formula is C18H15BrClFN4OS. The fraction of sp³-hybridized carbons (Fsp3) is 0.111. The van der Waals surface area contributed by atoms with Gasteiger partial charge in [0.05, 0.1) is 23.8 Å². The summed E-state index contributed by atoms with van der Waals surface area (Å²) >= 11 is 14.8. The Morgan fingerprint density at radius 3 is 2.81 bits per heavy atom. The Kier molecular flexibility index (Phi) is 6.30. The van der Waals surface area contributed by atoms with Crippen LogP contribution in [0.1, 0.15) is 5.56 Å². The molecule has 1 aromatic heterocycles. The van der Waals surface area contributed by atoms with Gasteiger partial charge in [-0.05, 0) is 52.4 Å². The van der Waals surface area contributed by atoms with Crippen LogP contribution < -0.4 is 15.4 Å². The lowest BCUT2D eigenvalue weighted by Gasteiger charge is -2.13. The Labute approximate surface area is 174 Å². The van der Waals surface area contributed by atoms with Gasteiger partial charge in [0.2, 0.25) is 0 Å². The summed E-state index contributed by atoms with van der Waals surface area (Å²) in [6, 6.07) is 11.8. The predicted molar refractivity (Wildman–Crippen MR) is 113 cm³/mol. The summed E-state index contributed by atoms with van der Waals surface area (Å²) in [5.41, 5.74) is 1.17. The Morgan fingerprint density at radius 1 is 1.30 bits per heavy atom. The van der Waals surface area contributed by atoms with Gasteiger partial charge in [-0.2, -0.15) is 5.10 Å². The first-order valence-corrected chi connectivity index (χ1v) is 9.42. The van der Waals surface area contributed by atoms with Gasteiger partial charge in [-0.3, -0.25) is 4.68 Å². The Bertz CT molecular complexity index is 982. The molecule has 0 spiro atoms. The fourth-order valence-electron chi connectivity index (χ4n) is 2.40. The molecule has 0 bridgehead atoms. The molecule has 0 fully saturated rings. The number of methoxy groups -OCH3 is 1. The van der Waals surface area contributed by atoms with Crippen molar-refractivity contribution in [1.29, 1.82) is 0 Å². The number of hydrogen-bond acceptors (Lipinski definition) is 3. The highest BCUT2D eigenvalue weighted by molar-refractivity contribution is 9.10. The van der Waals surface area contributed by atoms with Gasteiger partial charge in [0.1, 0.15) is 11.6 Å². The van der Waals surface area contributed by atoms with Crippen molar-refractivity contribution < 1.29 is 9.13 Å². The number of aromatic nitrogens is 2. The van der Waals surface area contributed by atoms with Gasteiger partial charge in [-0.1, -0.05) is 29.8 Å². The summed E-state index contributed by atoms with van der Waals surface area (Å²) in [5.74, 6) is 0.835. The third kappa shape index (κ3) is 4.97. The second-order valence-electron chi connectivity index (χ2n) is 5.54. The number of ether oxygens (including phenoxy) is 1. The number of nitrogens with zero attached hydrogens (tertiary/aromatic N) is 2. The van der Waals surface area contributed by atoms with E-state index >= 15 is 0 Å². The first-order valence-electron chi connectivity index (χ1n) is 7.84. The molecule has 0 saturated carbocycles. The molecule has 2 N–H and O–H groups in total. The molecule has 0 aliphatic carbocycles. The van der Waals surface area contributed by atoms with Gasteiger partial charge in [-0.15, -0.1) is 0 Å². The van der Waals surface area contributed by atoms with Crippen LogP contribution in [0.5, 0.6) is 5.75 Å². The lowest BCUT2D eigenvalue weighted by atomic mass is 10.2. The summed E-state index contributed by atoms with van der Waals surface area (Å²) in [4.78, 5) is 0. The van der Waals surface area contributed by atoms with Crippen LogP contribution in [0.15, 0.2) is 53.1 Å². The molecule has 3 aromatic rings. The van der Waals surface area contributed by atoms with E-state index in [0.717, 1.165) is 0 Å². The van der Waals surface area contributed by atoms with E-state index in [1.165, 1.54) is 6.07 Å². The number of rotatable bonds is 5. The van der Waals surface area contributed by atoms with E-state index in [2.05, 4.69) is 31.7 Å². The number of halogens is 3. The van der Waals surface area contributed by atoms with Crippen molar-refractivity contribution in [2.75, 3.05) is 17.7 Å². The molecule has 1 heterocycles. The maximum absolute atomic E-state index is 13.8. The van der Waals surface area contributed by atoms with Gasteiger partial charge in [0.25, 0.3) is 0 Å². The molecule has 0 amide bonds. The highest BCUT2D eigenvalue weighted by Crippen LogP contribution is 2.28. The van der Waals surface area contributed by atoms with Gasteiger partial charge < -0.3 is 15.4 Å². The van der Waals surface area contributed by atoms with Crippen LogP contribution in [0.2, 0.25) is 5.02 Å². The molecule has 0 radical (unpaired) electrons. The third-order valence-corrected chi connectivity index (χ3v) is 4.67. The fourth-order valence-corrected chi connectivity index (χ4v) is 3.20. The van der Waals surface area contributed by atoms with E-state index in [1.54, 1.807) is 54.4 Å². The van der Waals surface area contributed by atoms with E-state index in [-0.39, 0.29) is 5.82 Å². The second-order valence-corrected chi connectivity index (χ2v) is 7.24.